The Morgan fingerprint density at radius 1 is 1.32 bits per heavy atom. The lowest BCUT2D eigenvalue weighted by Gasteiger charge is -2.35. The van der Waals surface area contributed by atoms with Crippen LogP contribution in [-0.4, -0.2) is 44.9 Å². The minimum absolute atomic E-state index is 0.0650. The first-order valence-electron chi connectivity index (χ1n) is 6.75. The summed E-state index contributed by atoms with van der Waals surface area (Å²) < 4.78 is 28.8. The Hall–Kier alpha value is 0.490. The van der Waals surface area contributed by atoms with Crippen molar-refractivity contribution < 1.29 is 13.2 Å². The zero-order valence-corrected chi connectivity index (χ0v) is 14.0. The van der Waals surface area contributed by atoms with Gasteiger partial charge in [-0.2, -0.15) is 0 Å². The number of rotatable bonds is 8. The van der Waals surface area contributed by atoms with Gasteiger partial charge in [-0.25, -0.2) is 8.42 Å². The van der Waals surface area contributed by atoms with Crippen molar-refractivity contribution in [2.24, 2.45) is 17.3 Å². The quantitative estimate of drug-likeness (QED) is 0.507. The Bertz CT molecular complexity index is 364. The fourth-order valence-electron chi connectivity index (χ4n) is 2.46. The maximum Gasteiger partial charge on any atom is 0.150 e. The number of halogens is 2. The van der Waals surface area contributed by atoms with Gasteiger partial charge in [0.2, 0.25) is 0 Å². The molecular weight excluding hydrogens is 307 g/mol. The molecule has 0 saturated carbocycles. The van der Waals surface area contributed by atoms with Gasteiger partial charge in [0.15, 0.2) is 9.84 Å². The van der Waals surface area contributed by atoms with Crippen LogP contribution in [0.4, 0.5) is 0 Å². The van der Waals surface area contributed by atoms with Crippen molar-refractivity contribution in [3.05, 3.63) is 0 Å². The molecule has 0 aromatic rings. The lowest BCUT2D eigenvalue weighted by atomic mass is 9.75. The van der Waals surface area contributed by atoms with Crippen molar-refractivity contribution in [2.75, 3.05) is 36.5 Å². The first-order valence-corrected chi connectivity index (χ1v) is 9.64. The average molecular weight is 331 g/mol. The lowest BCUT2D eigenvalue weighted by molar-refractivity contribution is 0.0727. The van der Waals surface area contributed by atoms with Crippen LogP contribution in [0.2, 0.25) is 0 Å². The highest BCUT2D eigenvalue weighted by atomic mass is 35.5. The van der Waals surface area contributed by atoms with E-state index in [-0.39, 0.29) is 22.8 Å². The van der Waals surface area contributed by atoms with Gasteiger partial charge in [0.05, 0.1) is 11.5 Å². The Morgan fingerprint density at radius 3 is 2.37 bits per heavy atom. The molecule has 19 heavy (non-hydrogen) atoms. The number of ether oxygens (including phenoxy) is 1. The van der Waals surface area contributed by atoms with Crippen molar-refractivity contribution in [3.8, 4) is 0 Å². The van der Waals surface area contributed by atoms with E-state index in [1.807, 2.05) is 0 Å². The van der Waals surface area contributed by atoms with Crippen molar-refractivity contribution in [1.29, 1.82) is 0 Å². The van der Waals surface area contributed by atoms with E-state index in [2.05, 4.69) is 13.8 Å². The molecule has 1 aliphatic heterocycles. The van der Waals surface area contributed by atoms with Gasteiger partial charge < -0.3 is 4.74 Å². The molecule has 1 rings (SSSR count). The second-order valence-corrected chi connectivity index (χ2v) is 8.71. The summed E-state index contributed by atoms with van der Waals surface area (Å²) in [5.41, 5.74) is -0.316. The van der Waals surface area contributed by atoms with Crippen LogP contribution >= 0.6 is 23.2 Å². The summed E-state index contributed by atoms with van der Waals surface area (Å²) in [6, 6.07) is 0. The fourth-order valence-corrected chi connectivity index (χ4v) is 5.40. The molecule has 1 unspecified atom stereocenters. The molecule has 0 bridgehead atoms. The second-order valence-electron chi connectivity index (χ2n) is 5.95. The van der Waals surface area contributed by atoms with Gasteiger partial charge in [-0.15, -0.1) is 23.2 Å². The van der Waals surface area contributed by atoms with Crippen molar-refractivity contribution >= 4 is 33.0 Å². The number of hydrogen-bond acceptors (Lipinski definition) is 3. The molecule has 0 radical (unpaired) electrons. The predicted octanol–water partition coefficient (Wildman–Crippen LogP) is 2.95. The van der Waals surface area contributed by atoms with Gasteiger partial charge in [-0.1, -0.05) is 13.8 Å². The van der Waals surface area contributed by atoms with Crippen molar-refractivity contribution in [3.63, 3.8) is 0 Å². The molecule has 1 atom stereocenters. The number of sulfone groups is 1. The van der Waals surface area contributed by atoms with Crippen LogP contribution in [0.25, 0.3) is 0 Å². The zero-order chi connectivity index (χ0) is 14.5. The van der Waals surface area contributed by atoms with Gasteiger partial charge in [-0.05, 0) is 24.7 Å². The van der Waals surface area contributed by atoms with Crippen LogP contribution in [0.15, 0.2) is 0 Å². The molecule has 0 N–H and O–H groups in total. The Kier molecular flexibility index (Phi) is 6.91. The predicted molar refractivity (Wildman–Crippen MR) is 80.9 cm³/mol. The molecule has 114 valence electrons. The van der Waals surface area contributed by atoms with E-state index in [0.717, 1.165) is 6.42 Å². The monoisotopic (exact) mass is 330 g/mol. The second kappa shape index (κ2) is 7.48. The van der Waals surface area contributed by atoms with E-state index < -0.39 is 9.84 Å². The highest BCUT2D eigenvalue weighted by Crippen LogP contribution is 2.41. The minimum Gasteiger partial charge on any atom is -0.381 e. The molecular formula is C13H24Cl2O3S. The summed E-state index contributed by atoms with van der Waals surface area (Å²) >= 11 is 12.2. The third-order valence-corrected chi connectivity index (χ3v) is 6.66. The highest BCUT2D eigenvalue weighted by Gasteiger charge is 2.43. The van der Waals surface area contributed by atoms with Crippen LogP contribution in [-0.2, 0) is 14.6 Å². The van der Waals surface area contributed by atoms with Gasteiger partial charge in [0.25, 0.3) is 0 Å². The Labute approximate surface area is 126 Å². The highest BCUT2D eigenvalue weighted by molar-refractivity contribution is 7.91. The summed E-state index contributed by atoms with van der Waals surface area (Å²) in [7, 11) is -2.90. The topological polar surface area (TPSA) is 43.4 Å². The van der Waals surface area contributed by atoms with E-state index >= 15 is 0 Å². The van der Waals surface area contributed by atoms with E-state index in [1.54, 1.807) is 0 Å². The Balaban J connectivity index is 2.59. The summed E-state index contributed by atoms with van der Waals surface area (Å²) in [5, 5.41) is 0. The van der Waals surface area contributed by atoms with Gasteiger partial charge in [-0.3, -0.25) is 0 Å². The molecule has 0 aromatic carbocycles. The van der Waals surface area contributed by atoms with E-state index in [4.69, 9.17) is 27.9 Å². The molecule has 1 heterocycles. The van der Waals surface area contributed by atoms with Gasteiger partial charge in [0, 0.05) is 30.4 Å². The van der Waals surface area contributed by atoms with Crippen molar-refractivity contribution in [1.82, 2.24) is 0 Å². The van der Waals surface area contributed by atoms with Crippen LogP contribution in [0.1, 0.15) is 26.7 Å². The standard InChI is InChI=1S/C13H24Cl2O3S/c1-11(2)7-18-5-4-13(9-14,10-15)12-3-6-19(16,17)8-12/h11-12H,3-10H2,1-2H3. The summed E-state index contributed by atoms with van der Waals surface area (Å²) in [6.07, 6.45) is 1.40. The summed E-state index contributed by atoms with van der Waals surface area (Å²) in [6.45, 7) is 5.50. The van der Waals surface area contributed by atoms with Gasteiger partial charge >= 0.3 is 0 Å². The normalized spacial score (nSPS) is 23.1. The van der Waals surface area contributed by atoms with Crippen LogP contribution in [0, 0.1) is 17.3 Å². The molecule has 6 heteroatoms. The SMILES string of the molecule is CC(C)COCCC(CCl)(CCl)C1CCS(=O)(=O)C1. The first kappa shape index (κ1) is 17.5. The molecule has 0 amide bonds. The third-order valence-electron chi connectivity index (χ3n) is 3.83. The van der Waals surface area contributed by atoms with Crippen molar-refractivity contribution in [2.45, 2.75) is 26.7 Å². The van der Waals surface area contributed by atoms with Crippen LogP contribution < -0.4 is 0 Å². The molecule has 0 spiro atoms. The largest absolute Gasteiger partial charge is 0.381 e. The zero-order valence-electron chi connectivity index (χ0n) is 11.7. The number of hydrogen-bond donors (Lipinski definition) is 0. The maximum absolute atomic E-state index is 11.6. The fraction of sp³-hybridized carbons (Fsp3) is 1.00. The van der Waals surface area contributed by atoms with E-state index in [0.29, 0.717) is 37.3 Å². The lowest BCUT2D eigenvalue weighted by Crippen LogP contribution is -2.36. The molecule has 1 aliphatic rings. The first-order chi connectivity index (χ1) is 8.85. The smallest absolute Gasteiger partial charge is 0.150 e. The van der Waals surface area contributed by atoms with Crippen LogP contribution in [0.3, 0.4) is 0 Å². The van der Waals surface area contributed by atoms with E-state index in [1.165, 1.54) is 0 Å². The van der Waals surface area contributed by atoms with E-state index in [9.17, 15) is 8.42 Å². The summed E-state index contributed by atoms with van der Waals surface area (Å²) in [5.74, 6) is 1.82. The third kappa shape index (κ3) is 5.07. The average Bonchev–Trinajstić information content (AvgIpc) is 2.71. The molecule has 3 nitrogen and oxygen atoms in total. The number of alkyl halides is 2. The molecule has 0 aromatic heterocycles. The minimum atomic E-state index is -2.90. The molecule has 1 fully saturated rings. The Morgan fingerprint density at radius 2 is 1.95 bits per heavy atom. The summed E-state index contributed by atoms with van der Waals surface area (Å²) in [4.78, 5) is 0. The maximum atomic E-state index is 11.6. The van der Waals surface area contributed by atoms with Crippen LogP contribution in [0.5, 0.6) is 0 Å². The molecule has 0 aliphatic carbocycles. The van der Waals surface area contributed by atoms with Gasteiger partial charge in [0.1, 0.15) is 0 Å². The molecule has 1 saturated heterocycles.